The van der Waals surface area contributed by atoms with Gasteiger partial charge in [-0.3, -0.25) is 9.59 Å². The van der Waals surface area contributed by atoms with Gasteiger partial charge in [-0.05, 0) is 77.0 Å². The molecule has 3 N–H and O–H groups in total. The van der Waals surface area contributed by atoms with Crippen LogP contribution in [0.25, 0.3) is 0 Å². The second-order valence-corrected chi connectivity index (χ2v) is 25.3. The van der Waals surface area contributed by atoms with E-state index in [1.165, 1.54) is 340 Å². The number of unbranched alkanes of at least 4 members (excludes halogenated alkanes) is 54. The van der Waals surface area contributed by atoms with Crippen molar-refractivity contribution in [3.05, 3.63) is 24.3 Å². The molecule has 0 radical (unpaired) electrons. The van der Waals surface area contributed by atoms with Crippen LogP contribution in [0.1, 0.15) is 412 Å². The fraction of sp³-hybridized carbons (Fsp3) is 0.919. The molecule has 0 aromatic rings. The van der Waals surface area contributed by atoms with Gasteiger partial charge in [-0.1, -0.05) is 346 Å². The van der Waals surface area contributed by atoms with Crippen molar-refractivity contribution in [1.29, 1.82) is 0 Å². The fourth-order valence-corrected chi connectivity index (χ4v) is 11.6. The number of carbonyl (C=O) groups excluding carboxylic acids is 2. The molecular weight excluding hydrogens is 983 g/mol. The van der Waals surface area contributed by atoms with E-state index in [1.807, 2.05) is 0 Å². The van der Waals surface area contributed by atoms with Gasteiger partial charge in [0.05, 0.1) is 25.4 Å². The Hall–Kier alpha value is -1.66. The maximum absolute atomic E-state index is 12.5. The first-order valence-electron chi connectivity index (χ1n) is 36.6. The van der Waals surface area contributed by atoms with Crippen molar-refractivity contribution in [3.8, 4) is 0 Å². The summed E-state index contributed by atoms with van der Waals surface area (Å²) in [4.78, 5) is 24.7. The van der Waals surface area contributed by atoms with Gasteiger partial charge in [-0.15, -0.1) is 0 Å². The minimum absolute atomic E-state index is 0.0149. The molecule has 0 bridgehead atoms. The topological polar surface area (TPSA) is 95.9 Å². The monoisotopic (exact) mass is 1130 g/mol. The van der Waals surface area contributed by atoms with Crippen LogP contribution in [0.3, 0.4) is 0 Å². The lowest BCUT2D eigenvalue weighted by Crippen LogP contribution is -2.45. The van der Waals surface area contributed by atoms with Crippen LogP contribution in [0, 0.1) is 0 Å². The van der Waals surface area contributed by atoms with Crippen LogP contribution < -0.4 is 5.32 Å². The Morgan fingerprint density at radius 3 is 0.887 bits per heavy atom. The molecule has 0 spiro atoms. The highest BCUT2D eigenvalue weighted by Gasteiger charge is 2.20. The molecule has 0 fully saturated rings. The summed E-state index contributed by atoms with van der Waals surface area (Å²) < 4.78 is 5.51. The summed E-state index contributed by atoms with van der Waals surface area (Å²) in [5, 5.41) is 23.4. The van der Waals surface area contributed by atoms with Crippen LogP contribution >= 0.6 is 0 Å². The van der Waals surface area contributed by atoms with Crippen LogP contribution in [0.5, 0.6) is 0 Å². The van der Waals surface area contributed by atoms with E-state index in [9.17, 15) is 19.8 Å². The third kappa shape index (κ3) is 65.5. The largest absolute Gasteiger partial charge is 0.466 e. The Morgan fingerprint density at radius 2 is 0.588 bits per heavy atom. The fourth-order valence-electron chi connectivity index (χ4n) is 11.6. The first-order chi connectivity index (χ1) is 39.5. The van der Waals surface area contributed by atoms with Crippen molar-refractivity contribution in [2.45, 2.75) is 424 Å². The van der Waals surface area contributed by atoms with Gasteiger partial charge in [0.1, 0.15) is 0 Å². The SMILES string of the molecule is CCCCCCCC/C=C\CCCCCCCCCCCC(=O)OCCCCCCCCCCCCCC/C=C\CCCCCCCCCCCCC(=O)NC(CO)C(O)CCCCCCCCCCCCCCCCCCCC. The van der Waals surface area contributed by atoms with E-state index < -0.39 is 12.1 Å². The van der Waals surface area contributed by atoms with Gasteiger partial charge in [0.2, 0.25) is 5.91 Å². The summed E-state index contributed by atoms with van der Waals surface area (Å²) in [7, 11) is 0. The third-order valence-electron chi connectivity index (χ3n) is 17.2. The molecule has 0 aliphatic heterocycles. The molecule has 0 saturated carbocycles. The predicted octanol–water partition coefficient (Wildman–Crippen LogP) is 23.7. The average molecular weight is 1130 g/mol. The molecule has 6 nitrogen and oxygen atoms in total. The van der Waals surface area contributed by atoms with E-state index >= 15 is 0 Å². The molecule has 474 valence electrons. The number of esters is 1. The summed E-state index contributed by atoms with van der Waals surface area (Å²) in [6.07, 6.45) is 88.0. The Labute approximate surface area is 501 Å². The number of allylic oxidation sites excluding steroid dienone is 4. The molecule has 0 aromatic carbocycles. The Balaban J connectivity index is 3.37. The van der Waals surface area contributed by atoms with Crippen LogP contribution in [-0.2, 0) is 14.3 Å². The molecular formula is C74H143NO5. The molecule has 0 aliphatic carbocycles. The van der Waals surface area contributed by atoms with E-state index in [0.29, 0.717) is 25.9 Å². The number of carbonyl (C=O) groups is 2. The zero-order valence-electron chi connectivity index (χ0n) is 54.3. The number of aliphatic hydroxyl groups excluding tert-OH is 2. The number of aliphatic hydroxyl groups is 2. The molecule has 0 rings (SSSR count). The maximum Gasteiger partial charge on any atom is 0.305 e. The highest BCUT2D eigenvalue weighted by atomic mass is 16.5. The van der Waals surface area contributed by atoms with Gasteiger partial charge in [0.15, 0.2) is 0 Å². The first kappa shape index (κ1) is 78.3. The first-order valence-corrected chi connectivity index (χ1v) is 36.6. The van der Waals surface area contributed by atoms with Gasteiger partial charge in [-0.25, -0.2) is 0 Å². The van der Waals surface area contributed by atoms with Gasteiger partial charge >= 0.3 is 5.97 Å². The number of rotatable bonds is 69. The van der Waals surface area contributed by atoms with Crippen LogP contribution in [-0.4, -0.2) is 47.4 Å². The summed E-state index contributed by atoms with van der Waals surface area (Å²) in [5.41, 5.74) is 0. The van der Waals surface area contributed by atoms with Crippen molar-refractivity contribution in [1.82, 2.24) is 5.32 Å². The zero-order chi connectivity index (χ0) is 57.8. The van der Waals surface area contributed by atoms with Gasteiger partial charge in [-0.2, -0.15) is 0 Å². The summed E-state index contributed by atoms with van der Waals surface area (Å²) >= 11 is 0. The maximum atomic E-state index is 12.5. The second kappa shape index (κ2) is 69.8. The second-order valence-electron chi connectivity index (χ2n) is 25.3. The standard InChI is InChI=1S/C74H143NO5/c1-3-5-7-9-11-13-15-17-19-21-31-36-40-44-48-52-56-60-64-68-74(79)80-69-65-61-57-53-49-45-41-37-33-30-28-26-24-23-25-27-29-32-35-39-43-47-51-55-59-63-67-73(78)75-71(70-76)72(77)66-62-58-54-50-46-42-38-34-22-20-18-16-14-12-10-8-6-4-2/h17,19,23,25,71-72,76-77H,3-16,18,20-22,24,26-70H2,1-2H3,(H,75,78)/b19-17-,25-23-. The van der Waals surface area contributed by atoms with Crippen molar-refractivity contribution < 1.29 is 24.5 Å². The van der Waals surface area contributed by atoms with E-state index in [2.05, 4.69) is 43.5 Å². The average Bonchev–Trinajstić information content (AvgIpc) is 3.46. The Bertz CT molecular complexity index is 1250. The third-order valence-corrected chi connectivity index (χ3v) is 17.2. The van der Waals surface area contributed by atoms with E-state index in [1.54, 1.807) is 0 Å². The Morgan fingerprint density at radius 1 is 0.338 bits per heavy atom. The summed E-state index contributed by atoms with van der Waals surface area (Å²) in [6.45, 7) is 4.99. The summed E-state index contributed by atoms with van der Waals surface area (Å²) in [5.74, 6) is -0.0181. The molecule has 1 amide bonds. The van der Waals surface area contributed by atoms with E-state index in [-0.39, 0.29) is 18.5 Å². The van der Waals surface area contributed by atoms with Crippen LogP contribution in [0.2, 0.25) is 0 Å². The highest BCUT2D eigenvalue weighted by Crippen LogP contribution is 2.19. The lowest BCUT2D eigenvalue weighted by atomic mass is 10.0. The zero-order valence-corrected chi connectivity index (χ0v) is 54.3. The number of hydrogen-bond donors (Lipinski definition) is 3. The van der Waals surface area contributed by atoms with Crippen LogP contribution in [0.15, 0.2) is 24.3 Å². The van der Waals surface area contributed by atoms with E-state index in [0.717, 1.165) is 38.5 Å². The van der Waals surface area contributed by atoms with E-state index in [4.69, 9.17) is 4.74 Å². The molecule has 0 aromatic heterocycles. The highest BCUT2D eigenvalue weighted by molar-refractivity contribution is 5.76. The van der Waals surface area contributed by atoms with Crippen LogP contribution in [0.4, 0.5) is 0 Å². The minimum Gasteiger partial charge on any atom is -0.466 e. The van der Waals surface area contributed by atoms with Crippen molar-refractivity contribution >= 4 is 11.9 Å². The number of amides is 1. The smallest absolute Gasteiger partial charge is 0.305 e. The molecule has 80 heavy (non-hydrogen) atoms. The van der Waals surface area contributed by atoms with Crippen molar-refractivity contribution in [2.24, 2.45) is 0 Å². The quantitative estimate of drug-likeness (QED) is 0.0320. The molecule has 0 heterocycles. The molecule has 0 aliphatic rings. The minimum atomic E-state index is -0.666. The van der Waals surface area contributed by atoms with Crippen molar-refractivity contribution in [3.63, 3.8) is 0 Å². The lowest BCUT2D eigenvalue weighted by molar-refractivity contribution is -0.143. The van der Waals surface area contributed by atoms with Crippen molar-refractivity contribution in [2.75, 3.05) is 13.2 Å². The normalized spacial score (nSPS) is 12.6. The molecule has 2 atom stereocenters. The Kier molecular flexibility index (Phi) is 68.4. The number of nitrogens with one attached hydrogen (secondary N) is 1. The molecule has 6 heteroatoms. The predicted molar refractivity (Wildman–Crippen MR) is 352 cm³/mol. The number of hydrogen-bond acceptors (Lipinski definition) is 5. The van der Waals surface area contributed by atoms with Gasteiger partial charge in [0, 0.05) is 12.8 Å². The molecule has 0 saturated heterocycles. The summed E-state index contributed by atoms with van der Waals surface area (Å²) in [6, 6.07) is -0.543. The number of ether oxygens (including phenoxy) is 1. The van der Waals surface area contributed by atoms with Gasteiger partial charge < -0.3 is 20.3 Å². The van der Waals surface area contributed by atoms with Gasteiger partial charge in [0.25, 0.3) is 0 Å². The molecule has 2 unspecified atom stereocenters. The lowest BCUT2D eigenvalue weighted by Gasteiger charge is -2.22.